The third kappa shape index (κ3) is 4.82. The Kier molecular flexibility index (Phi) is 6.64. The molecule has 3 amide bonds. The Morgan fingerprint density at radius 1 is 1.28 bits per heavy atom. The van der Waals surface area contributed by atoms with Gasteiger partial charge in [-0.25, -0.2) is 9.18 Å². The minimum Gasteiger partial charge on any atom is -0.495 e. The van der Waals surface area contributed by atoms with E-state index in [4.69, 9.17) is 4.74 Å². The Balaban J connectivity index is 1.65. The highest BCUT2D eigenvalue weighted by molar-refractivity contribution is 8.01. The van der Waals surface area contributed by atoms with Crippen molar-refractivity contribution in [2.75, 3.05) is 32.6 Å². The van der Waals surface area contributed by atoms with Crippen molar-refractivity contribution in [3.8, 4) is 5.75 Å². The third-order valence-corrected chi connectivity index (χ3v) is 6.15. The molecule has 154 valence electrons. The summed E-state index contributed by atoms with van der Waals surface area (Å²) in [7, 11) is 3.21. The van der Waals surface area contributed by atoms with Gasteiger partial charge < -0.3 is 19.9 Å². The average molecular weight is 418 g/mol. The van der Waals surface area contributed by atoms with E-state index in [2.05, 4.69) is 5.32 Å². The molecule has 8 heteroatoms. The Bertz CT molecular complexity index is 895. The molecule has 2 unspecified atom stereocenters. The fourth-order valence-electron chi connectivity index (χ4n) is 3.14. The van der Waals surface area contributed by atoms with Crippen LogP contribution >= 0.6 is 11.8 Å². The summed E-state index contributed by atoms with van der Waals surface area (Å²) in [5.74, 6) is 0.228. The maximum absolute atomic E-state index is 13.6. The first-order valence-corrected chi connectivity index (χ1v) is 10.2. The third-order valence-electron chi connectivity index (χ3n) is 4.75. The van der Waals surface area contributed by atoms with Crippen molar-refractivity contribution in [1.29, 1.82) is 0 Å². The number of urea groups is 1. The summed E-state index contributed by atoms with van der Waals surface area (Å²) in [5, 5.41) is 2.33. The van der Waals surface area contributed by atoms with Crippen molar-refractivity contribution in [3.63, 3.8) is 0 Å². The Labute approximate surface area is 174 Å². The van der Waals surface area contributed by atoms with Crippen LogP contribution in [0.25, 0.3) is 0 Å². The topological polar surface area (TPSA) is 61.9 Å². The highest BCUT2D eigenvalue weighted by Crippen LogP contribution is 2.42. The number of carbonyl (C=O) groups is 2. The SMILES string of the molecule is COc1ccccc1NC(=O)N(C)CCN1C(=O)C(C)SC1c1cccc(F)c1. The molecule has 0 aromatic heterocycles. The van der Waals surface area contributed by atoms with Gasteiger partial charge in [-0.3, -0.25) is 4.79 Å². The highest BCUT2D eigenvalue weighted by atomic mass is 32.2. The number of rotatable bonds is 6. The van der Waals surface area contributed by atoms with E-state index in [9.17, 15) is 14.0 Å². The molecule has 1 heterocycles. The number of halogens is 1. The van der Waals surface area contributed by atoms with Crippen LogP contribution in [0.4, 0.5) is 14.9 Å². The summed E-state index contributed by atoms with van der Waals surface area (Å²) in [6.07, 6.45) is 0. The van der Waals surface area contributed by atoms with Crippen molar-refractivity contribution in [2.24, 2.45) is 0 Å². The minimum absolute atomic E-state index is 0.0113. The van der Waals surface area contributed by atoms with Gasteiger partial charge in [0.05, 0.1) is 18.0 Å². The molecule has 1 N–H and O–H groups in total. The fourth-order valence-corrected chi connectivity index (χ4v) is 4.44. The number of nitrogens with one attached hydrogen (secondary N) is 1. The molecular formula is C21H24FN3O3S. The van der Waals surface area contributed by atoms with Gasteiger partial charge in [0.25, 0.3) is 0 Å². The predicted octanol–water partition coefficient (Wildman–Crippen LogP) is 3.96. The van der Waals surface area contributed by atoms with Crippen LogP contribution in [0.3, 0.4) is 0 Å². The molecule has 0 bridgehead atoms. The molecule has 29 heavy (non-hydrogen) atoms. The van der Waals surface area contributed by atoms with E-state index in [0.717, 1.165) is 5.56 Å². The van der Waals surface area contributed by atoms with Gasteiger partial charge >= 0.3 is 6.03 Å². The minimum atomic E-state index is -0.330. The lowest BCUT2D eigenvalue weighted by molar-refractivity contribution is -0.129. The van der Waals surface area contributed by atoms with Crippen LogP contribution in [0.1, 0.15) is 17.9 Å². The van der Waals surface area contributed by atoms with Crippen LogP contribution in [-0.2, 0) is 4.79 Å². The molecule has 0 aliphatic carbocycles. The average Bonchev–Trinajstić information content (AvgIpc) is 3.00. The molecular weight excluding hydrogens is 393 g/mol. The van der Waals surface area contributed by atoms with Gasteiger partial charge in [-0.15, -0.1) is 11.8 Å². The number of anilines is 1. The second-order valence-corrected chi connectivity index (χ2v) is 8.20. The number of methoxy groups -OCH3 is 1. The monoisotopic (exact) mass is 417 g/mol. The largest absolute Gasteiger partial charge is 0.495 e. The Morgan fingerprint density at radius 3 is 2.76 bits per heavy atom. The lowest BCUT2D eigenvalue weighted by Crippen LogP contribution is -2.40. The number of likely N-dealkylation sites (N-methyl/N-ethyl adjacent to an activating group) is 1. The predicted molar refractivity (Wildman–Crippen MR) is 113 cm³/mol. The van der Waals surface area contributed by atoms with Gasteiger partial charge in [-0.05, 0) is 36.8 Å². The molecule has 0 radical (unpaired) electrons. The van der Waals surface area contributed by atoms with E-state index in [-0.39, 0.29) is 28.4 Å². The van der Waals surface area contributed by atoms with E-state index in [0.29, 0.717) is 24.5 Å². The number of carbonyl (C=O) groups excluding carboxylic acids is 2. The van der Waals surface area contributed by atoms with Crippen molar-refractivity contribution >= 4 is 29.4 Å². The molecule has 1 fully saturated rings. The maximum Gasteiger partial charge on any atom is 0.321 e. The molecule has 6 nitrogen and oxygen atoms in total. The van der Waals surface area contributed by atoms with Crippen molar-refractivity contribution in [1.82, 2.24) is 9.80 Å². The fraction of sp³-hybridized carbons (Fsp3) is 0.333. The van der Waals surface area contributed by atoms with Gasteiger partial charge in [0, 0.05) is 20.1 Å². The lowest BCUT2D eigenvalue weighted by atomic mass is 10.2. The molecule has 2 aromatic rings. The first-order valence-electron chi connectivity index (χ1n) is 9.27. The standard InChI is InChI=1S/C21H24FN3O3S/c1-14-19(26)25(20(29-14)15-7-6-8-16(22)13-15)12-11-24(2)21(27)23-17-9-4-5-10-18(17)28-3/h4-10,13-14,20H,11-12H2,1-3H3,(H,23,27). The van der Waals surface area contributed by atoms with E-state index < -0.39 is 0 Å². The summed E-state index contributed by atoms with van der Waals surface area (Å²) >= 11 is 1.49. The summed E-state index contributed by atoms with van der Waals surface area (Å²) in [6.45, 7) is 2.54. The van der Waals surface area contributed by atoms with Crippen LogP contribution < -0.4 is 10.1 Å². The van der Waals surface area contributed by atoms with Crippen LogP contribution in [0, 0.1) is 5.82 Å². The maximum atomic E-state index is 13.6. The van der Waals surface area contributed by atoms with Gasteiger partial charge in [0.1, 0.15) is 16.9 Å². The zero-order valence-electron chi connectivity index (χ0n) is 16.6. The second kappa shape index (κ2) is 9.17. The lowest BCUT2D eigenvalue weighted by Gasteiger charge is -2.27. The van der Waals surface area contributed by atoms with Crippen LogP contribution in [0.15, 0.2) is 48.5 Å². The van der Waals surface area contributed by atoms with Gasteiger partial charge in [0.15, 0.2) is 0 Å². The van der Waals surface area contributed by atoms with Crippen molar-refractivity contribution < 1.29 is 18.7 Å². The van der Waals surface area contributed by atoms with Gasteiger partial charge in [-0.2, -0.15) is 0 Å². The quantitative estimate of drug-likeness (QED) is 0.773. The second-order valence-electron chi connectivity index (χ2n) is 6.77. The number of para-hydroxylation sites is 2. The van der Waals surface area contributed by atoms with Crippen LogP contribution in [-0.4, -0.2) is 54.2 Å². The zero-order valence-corrected chi connectivity index (χ0v) is 17.4. The van der Waals surface area contributed by atoms with E-state index >= 15 is 0 Å². The first kappa shape index (κ1) is 21.0. The first-order chi connectivity index (χ1) is 13.9. The molecule has 1 saturated heterocycles. The number of ether oxygens (including phenoxy) is 1. The molecule has 1 aliphatic heterocycles. The Hall–Kier alpha value is -2.74. The normalized spacial score (nSPS) is 18.6. The van der Waals surface area contributed by atoms with E-state index in [1.165, 1.54) is 28.8 Å². The molecule has 2 atom stereocenters. The number of thioether (sulfide) groups is 1. The smallest absolute Gasteiger partial charge is 0.321 e. The number of nitrogens with zero attached hydrogens (tertiary/aromatic N) is 2. The van der Waals surface area contributed by atoms with E-state index in [1.54, 1.807) is 37.3 Å². The van der Waals surface area contributed by atoms with E-state index in [1.807, 2.05) is 25.1 Å². The van der Waals surface area contributed by atoms with Crippen molar-refractivity contribution in [2.45, 2.75) is 17.5 Å². The highest BCUT2D eigenvalue weighted by Gasteiger charge is 2.38. The number of amides is 3. The summed E-state index contributed by atoms with van der Waals surface area (Å²) in [5.41, 5.74) is 1.32. The van der Waals surface area contributed by atoms with Crippen LogP contribution in [0.2, 0.25) is 0 Å². The molecule has 0 saturated carbocycles. The van der Waals surface area contributed by atoms with Crippen molar-refractivity contribution in [3.05, 3.63) is 59.9 Å². The van der Waals surface area contributed by atoms with Crippen LogP contribution in [0.5, 0.6) is 5.75 Å². The summed E-state index contributed by atoms with van der Waals surface area (Å²) < 4.78 is 18.9. The molecule has 0 spiro atoms. The number of hydrogen-bond donors (Lipinski definition) is 1. The Morgan fingerprint density at radius 2 is 2.03 bits per heavy atom. The summed E-state index contributed by atoms with van der Waals surface area (Å²) in [6, 6.07) is 13.1. The zero-order chi connectivity index (χ0) is 21.0. The molecule has 3 rings (SSSR count). The van der Waals surface area contributed by atoms with Gasteiger partial charge in [-0.1, -0.05) is 24.3 Å². The van der Waals surface area contributed by atoms with Gasteiger partial charge in [0.2, 0.25) is 5.91 Å². The summed E-state index contributed by atoms with van der Waals surface area (Å²) in [4.78, 5) is 28.4. The molecule has 2 aromatic carbocycles. The number of hydrogen-bond acceptors (Lipinski definition) is 4. The molecule has 1 aliphatic rings. The number of benzene rings is 2.